The summed E-state index contributed by atoms with van der Waals surface area (Å²) in [5.41, 5.74) is 0. The summed E-state index contributed by atoms with van der Waals surface area (Å²) in [5, 5.41) is 3.16. The summed E-state index contributed by atoms with van der Waals surface area (Å²) < 4.78 is 45.4. The lowest BCUT2D eigenvalue weighted by molar-refractivity contribution is -0.173. The molecule has 1 aliphatic heterocycles. The van der Waals surface area contributed by atoms with Crippen molar-refractivity contribution < 1.29 is 27.4 Å². The van der Waals surface area contributed by atoms with E-state index in [4.69, 9.17) is 4.74 Å². The molecule has 0 saturated carbocycles. The van der Waals surface area contributed by atoms with E-state index in [0.29, 0.717) is 58.3 Å². The number of nitrogens with one attached hydrogen (secondary N) is 1. The van der Waals surface area contributed by atoms with Gasteiger partial charge in [-0.2, -0.15) is 13.2 Å². The largest absolute Gasteiger partial charge is 0.450 e. The topological polar surface area (TPSA) is 66.4 Å². The van der Waals surface area contributed by atoms with Crippen LogP contribution in [0, 0.1) is 0 Å². The maximum Gasteiger partial charge on any atom is 0.411 e. The molecule has 0 aliphatic carbocycles. The van der Waals surface area contributed by atoms with Crippen molar-refractivity contribution in [3.63, 3.8) is 0 Å². The van der Waals surface area contributed by atoms with Gasteiger partial charge in [-0.1, -0.05) is 0 Å². The highest BCUT2D eigenvalue weighted by atomic mass is 19.4. The van der Waals surface area contributed by atoms with E-state index in [9.17, 15) is 18.0 Å². The summed E-state index contributed by atoms with van der Waals surface area (Å²) in [6.45, 7) is 6.21. The molecule has 146 valence electrons. The summed E-state index contributed by atoms with van der Waals surface area (Å²) in [4.78, 5) is 19.8. The van der Waals surface area contributed by atoms with Crippen LogP contribution in [0.2, 0.25) is 0 Å². The molecule has 0 spiro atoms. The van der Waals surface area contributed by atoms with Crippen LogP contribution in [-0.4, -0.2) is 87.1 Å². The second kappa shape index (κ2) is 11.0. The van der Waals surface area contributed by atoms with Gasteiger partial charge in [0, 0.05) is 45.9 Å². The quantitative estimate of drug-likeness (QED) is 0.421. The van der Waals surface area contributed by atoms with Crippen molar-refractivity contribution in [3.8, 4) is 0 Å². The van der Waals surface area contributed by atoms with Crippen molar-refractivity contribution in [2.75, 3.05) is 59.1 Å². The molecule has 0 unspecified atom stereocenters. The minimum absolute atomic E-state index is 0.0129. The number of guanidine groups is 1. The predicted molar refractivity (Wildman–Crippen MR) is 87.6 cm³/mol. The first-order chi connectivity index (χ1) is 11.9. The summed E-state index contributed by atoms with van der Waals surface area (Å²) in [6.07, 6.45) is -4.20. The second-order valence-electron chi connectivity index (χ2n) is 5.43. The van der Waals surface area contributed by atoms with Crippen molar-refractivity contribution in [1.82, 2.24) is 15.1 Å². The standard InChI is InChI=1S/C15H27F3N4O3/c1-3-19-13(20-6-5-11-24-12-15(16,17)18)21-7-9-22(10-8-21)14(23)25-4-2/h3-12H2,1-2H3,(H,19,20). The number of carbonyl (C=O) groups is 1. The second-order valence-corrected chi connectivity index (χ2v) is 5.43. The Kier molecular flexibility index (Phi) is 9.40. The number of halogens is 3. The van der Waals surface area contributed by atoms with E-state index in [1.807, 2.05) is 11.8 Å². The highest BCUT2D eigenvalue weighted by Crippen LogP contribution is 2.14. The van der Waals surface area contributed by atoms with Crippen LogP contribution in [0.15, 0.2) is 4.99 Å². The van der Waals surface area contributed by atoms with E-state index < -0.39 is 12.8 Å². The van der Waals surface area contributed by atoms with Gasteiger partial charge in [0.1, 0.15) is 6.61 Å². The van der Waals surface area contributed by atoms with Gasteiger partial charge in [-0.05, 0) is 20.3 Å². The Morgan fingerprint density at radius 3 is 2.36 bits per heavy atom. The number of carbonyl (C=O) groups excluding carboxylic acids is 1. The van der Waals surface area contributed by atoms with Gasteiger partial charge in [-0.25, -0.2) is 4.79 Å². The van der Waals surface area contributed by atoms with Crippen LogP contribution in [0.25, 0.3) is 0 Å². The van der Waals surface area contributed by atoms with Crippen molar-refractivity contribution >= 4 is 12.1 Å². The molecule has 0 atom stereocenters. The number of alkyl halides is 3. The average molecular weight is 368 g/mol. The van der Waals surface area contributed by atoms with Gasteiger partial charge in [-0.15, -0.1) is 0 Å². The lowest BCUT2D eigenvalue weighted by Gasteiger charge is -2.35. The molecule has 1 rings (SSSR count). The molecule has 7 nitrogen and oxygen atoms in total. The van der Waals surface area contributed by atoms with Gasteiger partial charge in [0.15, 0.2) is 5.96 Å². The molecule has 0 radical (unpaired) electrons. The maximum absolute atomic E-state index is 12.0. The van der Waals surface area contributed by atoms with E-state index in [0.717, 1.165) is 0 Å². The van der Waals surface area contributed by atoms with Crippen LogP contribution in [0.1, 0.15) is 20.3 Å². The lowest BCUT2D eigenvalue weighted by Crippen LogP contribution is -2.53. The van der Waals surface area contributed by atoms with E-state index in [-0.39, 0.29) is 12.7 Å². The molecule has 1 heterocycles. The molecule has 1 saturated heterocycles. The maximum atomic E-state index is 12.0. The normalized spacial score (nSPS) is 16.1. The van der Waals surface area contributed by atoms with Crippen LogP contribution in [0.3, 0.4) is 0 Å². The molecule has 0 bridgehead atoms. The molecule has 1 aliphatic rings. The molecule has 0 aromatic carbocycles. The fourth-order valence-corrected chi connectivity index (χ4v) is 2.28. The van der Waals surface area contributed by atoms with Crippen LogP contribution < -0.4 is 5.32 Å². The average Bonchev–Trinajstić information content (AvgIpc) is 2.56. The highest BCUT2D eigenvalue weighted by Gasteiger charge is 2.27. The zero-order valence-corrected chi connectivity index (χ0v) is 14.8. The van der Waals surface area contributed by atoms with Crippen LogP contribution >= 0.6 is 0 Å². The Morgan fingerprint density at radius 1 is 1.16 bits per heavy atom. The first-order valence-corrected chi connectivity index (χ1v) is 8.46. The Balaban J connectivity index is 2.37. The molecule has 0 aromatic heterocycles. The van der Waals surface area contributed by atoms with E-state index in [2.05, 4.69) is 15.0 Å². The number of piperazine rings is 1. The molecular formula is C15H27F3N4O3. The molecule has 1 fully saturated rings. The van der Waals surface area contributed by atoms with Gasteiger partial charge in [0.05, 0.1) is 6.61 Å². The lowest BCUT2D eigenvalue weighted by atomic mass is 10.3. The van der Waals surface area contributed by atoms with Crippen molar-refractivity contribution in [3.05, 3.63) is 0 Å². The number of hydrogen-bond donors (Lipinski definition) is 1. The van der Waals surface area contributed by atoms with Crippen molar-refractivity contribution in [2.45, 2.75) is 26.4 Å². The van der Waals surface area contributed by atoms with Gasteiger partial charge in [0.25, 0.3) is 0 Å². The minimum atomic E-state index is -4.29. The van der Waals surface area contributed by atoms with Gasteiger partial charge < -0.3 is 24.6 Å². The fraction of sp³-hybridized carbons (Fsp3) is 0.867. The number of rotatable bonds is 7. The minimum Gasteiger partial charge on any atom is -0.450 e. The van der Waals surface area contributed by atoms with Gasteiger partial charge >= 0.3 is 12.3 Å². The summed E-state index contributed by atoms with van der Waals surface area (Å²) in [5.74, 6) is 0.696. The Hall–Kier alpha value is -1.71. The molecular weight excluding hydrogens is 341 g/mol. The van der Waals surface area contributed by atoms with Crippen molar-refractivity contribution in [1.29, 1.82) is 0 Å². The summed E-state index contributed by atoms with van der Waals surface area (Å²) >= 11 is 0. The van der Waals surface area contributed by atoms with Crippen molar-refractivity contribution in [2.24, 2.45) is 4.99 Å². The SMILES string of the molecule is CCNC(=NCCCOCC(F)(F)F)N1CCN(C(=O)OCC)CC1. The van der Waals surface area contributed by atoms with E-state index >= 15 is 0 Å². The zero-order chi connectivity index (χ0) is 18.7. The first-order valence-electron chi connectivity index (χ1n) is 8.46. The highest BCUT2D eigenvalue weighted by molar-refractivity contribution is 5.80. The smallest absolute Gasteiger partial charge is 0.411 e. The van der Waals surface area contributed by atoms with Crippen LogP contribution in [-0.2, 0) is 9.47 Å². The summed E-state index contributed by atoms with van der Waals surface area (Å²) in [6, 6.07) is 0. The van der Waals surface area contributed by atoms with Gasteiger partial charge in [0.2, 0.25) is 0 Å². The third kappa shape index (κ3) is 8.80. The van der Waals surface area contributed by atoms with E-state index in [1.165, 1.54) is 0 Å². The Bertz CT molecular complexity index is 425. The third-order valence-corrected chi connectivity index (χ3v) is 3.41. The number of nitrogens with zero attached hydrogens (tertiary/aromatic N) is 3. The van der Waals surface area contributed by atoms with E-state index in [1.54, 1.807) is 11.8 Å². The number of hydrogen-bond acceptors (Lipinski definition) is 4. The number of amides is 1. The summed E-state index contributed by atoms with van der Waals surface area (Å²) in [7, 11) is 0. The third-order valence-electron chi connectivity index (χ3n) is 3.41. The Morgan fingerprint density at radius 2 is 1.80 bits per heavy atom. The van der Waals surface area contributed by atoms with Crippen LogP contribution in [0.5, 0.6) is 0 Å². The Labute approximate surface area is 146 Å². The zero-order valence-electron chi connectivity index (χ0n) is 14.8. The molecule has 0 aromatic rings. The van der Waals surface area contributed by atoms with Gasteiger partial charge in [-0.3, -0.25) is 4.99 Å². The molecule has 25 heavy (non-hydrogen) atoms. The molecule has 1 amide bonds. The molecule has 10 heteroatoms. The molecule has 1 N–H and O–H groups in total. The van der Waals surface area contributed by atoms with Crippen LogP contribution in [0.4, 0.5) is 18.0 Å². The number of ether oxygens (including phenoxy) is 2. The number of aliphatic imine (C=N–C) groups is 1. The fourth-order valence-electron chi connectivity index (χ4n) is 2.28. The predicted octanol–water partition coefficient (Wildman–Crippen LogP) is 1.70. The monoisotopic (exact) mass is 368 g/mol. The first kappa shape index (κ1) is 21.3.